The Kier molecular flexibility index (Phi) is 6.79. The van der Waals surface area contributed by atoms with Crippen LogP contribution in [0, 0.1) is 0 Å². The predicted molar refractivity (Wildman–Crippen MR) is 107 cm³/mol. The first-order valence-electron chi connectivity index (χ1n) is 9.63. The lowest BCUT2D eigenvalue weighted by atomic mass is 10.0. The molecule has 4 N–H and O–H groups in total. The molecule has 0 saturated carbocycles. The fraction of sp³-hybridized carbons (Fsp3) is 0.429. The monoisotopic (exact) mass is 368 g/mol. The lowest BCUT2D eigenvalue weighted by molar-refractivity contribution is 0.0868. The summed E-state index contributed by atoms with van der Waals surface area (Å²) in [5.41, 5.74) is 8.08. The zero-order valence-electron chi connectivity index (χ0n) is 15.6. The Morgan fingerprint density at radius 2 is 2.04 bits per heavy atom. The maximum atomic E-state index is 12.3. The van der Waals surface area contributed by atoms with Crippen LogP contribution in [0.25, 0.3) is 11.3 Å². The minimum Gasteiger partial charge on any atom is -0.395 e. The molecule has 3 rings (SSSR count). The Balaban J connectivity index is 1.47. The number of piperidine rings is 1. The van der Waals surface area contributed by atoms with E-state index >= 15 is 0 Å². The second-order valence-electron chi connectivity index (χ2n) is 7.00. The largest absolute Gasteiger partial charge is 0.395 e. The molecule has 1 saturated heterocycles. The topological polar surface area (TPSA) is 91.5 Å². The van der Waals surface area contributed by atoms with Crippen molar-refractivity contribution in [2.24, 2.45) is 0 Å². The van der Waals surface area contributed by atoms with Crippen LogP contribution in [0.3, 0.4) is 0 Å². The van der Waals surface area contributed by atoms with Crippen LogP contribution in [0.15, 0.2) is 42.5 Å². The van der Waals surface area contributed by atoms with E-state index in [2.05, 4.69) is 15.2 Å². The summed E-state index contributed by atoms with van der Waals surface area (Å²) in [4.78, 5) is 18.9. The first-order valence-corrected chi connectivity index (χ1v) is 9.63. The van der Waals surface area contributed by atoms with Gasteiger partial charge in [-0.05, 0) is 50.1 Å². The number of carbonyl (C=O) groups is 1. The fourth-order valence-electron chi connectivity index (χ4n) is 3.55. The van der Waals surface area contributed by atoms with Crippen LogP contribution in [-0.4, -0.2) is 53.2 Å². The quantitative estimate of drug-likeness (QED) is 0.652. The number of aromatic nitrogens is 1. The third-order valence-electron chi connectivity index (χ3n) is 5.08. The lowest BCUT2D eigenvalue weighted by Crippen LogP contribution is -2.43. The number of nitrogens with zero attached hydrogens (tertiary/aromatic N) is 2. The highest BCUT2D eigenvalue weighted by atomic mass is 16.3. The Morgan fingerprint density at radius 1 is 1.22 bits per heavy atom. The number of nitrogen functional groups attached to an aromatic ring is 1. The minimum absolute atomic E-state index is 0.0700. The summed E-state index contributed by atoms with van der Waals surface area (Å²) in [7, 11) is 0. The molecule has 1 aliphatic heterocycles. The van der Waals surface area contributed by atoms with Gasteiger partial charge in [0, 0.05) is 30.3 Å². The minimum atomic E-state index is -0.0700. The van der Waals surface area contributed by atoms with Crippen LogP contribution in [0.5, 0.6) is 0 Å². The van der Waals surface area contributed by atoms with Crippen molar-refractivity contribution in [3.63, 3.8) is 0 Å². The highest BCUT2D eigenvalue weighted by Gasteiger charge is 2.20. The maximum absolute atomic E-state index is 12.3. The van der Waals surface area contributed by atoms with E-state index in [1.807, 2.05) is 36.4 Å². The van der Waals surface area contributed by atoms with Gasteiger partial charge in [-0.3, -0.25) is 9.69 Å². The van der Waals surface area contributed by atoms with Gasteiger partial charge in [0.15, 0.2) is 0 Å². The molecule has 2 heterocycles. The Bertz CT molecular complexity index is 748. The van der Waals surface area contributed by atoms with Crippen molar-refractivity contribution in [2.45, 2.75) is 31.7 Å². The molecule has 144 valence electrons. The highest BCUT2D eigenvalue weighted by molar-refractivity contribution is 5.94. The molecule has 0 spiro atoms. The standard InChI is InChI=1S/C21H28N4O2/c22-20-7-3-6-19(24-20)16-8-10-17(11-9-16)21(27)23-12-4-14-25-13-2-1-5-18(25)15-26/h3,6-11,18,26H,1-2,4-5,12-15H2,(H2,22,24)(H,23,27)/t18-/m1/s1. The first-order chi connectivity index (χ1) is 13.2. The Morgan fingerprint density at radius 3 is 2.78 bits per heavy atom. The van der Waals surface area contributed by atoms with Crippen LogP contribution in [0.1, 0.15) is 36.0 Å². The number of rotatable bonds is 7. The van der Waals surface area contributed by atoms with E-state index < -0.39 is 0 Å². The molecular formula is C21H28N4O2. The van der Waals surface area contributed by atoms with Crippen LogP contribution in [0.2, 0.25) is 0 Å². The highest BCUT2D eigenvalue weighted by Crippen LogP contribution is 2.19. The van der Waals surface area contributed by atoms with E-state index in [-0.39, 0.29) is 18.6 Å². The van der Waals surface area contributed by atoms with Crippen molar-refractivity contribution in [1.82, 2.24) is 15.2 Å². The number of benzene rings is 1. The number of nitrogens with two attached hydrogens (primary N) is 1. The van der Waals surface area contributed by atoms with Crippen LogP contribution >= 0.6 is 0 Å². The number of aliphatic hydroxyl groups excluding tert-OH is 1. The van der Waals surface area contributed by atoms with E-state index in [0.29, 0.717) is 17.9 Å². The van der Waals surface area contributed by atoms with E-state index in [1.54, 1.807) is 6.07 Å². The second-order valence-corrected chi connectivity index (χ2v) is 7.00. The van der Waals surface area contributed by atoms with E-state index in [9.17, 15) is 9.90 Å². The molecule has 6 nitrogen and oxygen atoms in total. The number of pyridine rings is 1. The number of amides is 1. The normalized spacial score (nSPS) is 17.6. The Labute approximate surface area is 160 Å². The lowest BCUT2D eigenvalue weighted by Gasteiger charge is -2.34. The number of carbonyl (C=O) groups excluding carboxylic acids is 1. The molecule has 0 radical (unpaired) electrons. The van der Waals surface area contributed by atoms with E-state index in [4.69, 9.17) is 5.73 Å². The molecule has 27 heavy (non-hydrogen) atoms. The van der Waals surface area contributed by atoms with Gasteiger partial charge in [-0.15, -0.1) is 0 Å². The zero-order valence-corrected chi connectivity index (χ0v) is 15.6. The molecule has 1 fully saturated rings. The maximum Gasteiger partial charge on any atom is 0.251 e. The van der Waals surface area contributed by atoms with Gasteiger partial charge in [-0.1, -0.05) is 24.6 Å². The van der Waals surface area contributed by atoms with Gasteiger partial charge < -0.3 is 16.2 Å². The third kappa shape index (κ3) is 5.28. The smallest absolute Gasteiger partial charge is 0.251 e. The van der Waals surface area contributed by atoms with Crippen molar-refractivity contribution in [2.75, 3.05) is 32.0 Å². The molecule has 1 aromatic carbocycles. The van der Waals surface area contributed by atoms with Gasteiger partial charge in [-0.25, -0.2) is 4.98 Å². The van der Waals surface area contributed by atoms with Crippen molar-refractivity contribution >= 4 is 11.7 Å². The first kappa shape index (κ1) is 19.3. The number of hydrogen-bond donors (Lipinski definition) is 3. The third-order valence-corrected chi connectivity index (χ3v) is 5.08. The summed E-state index contributed by atoms with van der Waals surface area (Å²) in [6.45, 7) is 2.80. The zero-order chi connectivity index (χ0) is 19.1. The molecule has 1 aromatic heterocycles. The molecule has 2 aromatic rings. The van der Waals surface area contributed by atoms with Crippen molar-refractivity contribution in [3.8, 4) is 11.3 Å². The van der Waals surface area contributed by atoms with Gasteiger partial charge in [0.2, 0.25) is 0 Å². The molecule has 1 amide bonds. The van der Waals surface area contributed by atoms with E-state index in [1.165, 1.54) is 12.8 Å². The summed E-state index contributed by atoms with van der Waals surface area (Å²) in [6.07, 6.45) is 4.33. The van der Waals surface area contributed by atoms with Crippen LogP contribution < -0.4 is 11.1 Å². The van der Waals surface area contributed by atoms with Crippen LogP contribution in [0.4, 0.5) is 5.82 Å². The summed E-state index contributed by atoms with van der Waals surface area (Å²) in [5, 5.41) is 12.4. The van der Waals surface area contributed by atoms with Crippen molar-refractivity contribution in [3.05, 3.63) is 48.0 Å². The van der Waals surface area contributed by atoms with Crippen molar-refractivity contribution < 1.29 is 9.90 Å². The fourth-order valence-corrected chi connectivity index (χ4v) is 3.55. The SMILES string of the molecule is Nc1cccc(-c2ccc(C(=O)NCCCN3CCCC[C@@H]3CO)cc2)n1. The molecule has 0 unspecified atom stereocenters. The van der Waals surface area contributed by atoms with Gasteiger partial charge in [0.1, 0.15) is 5.82 Å². The van der Waals surface area contributed by atoms with Gasteiger partial charge >= 0.3 is 0 Å². The molecule has 6 heteroatoms. The summed E-state index contributed by atoms with van der Waals surface area (Å²) < 4.78 is 0. The summed E-state index contributed by atoms with van der Waals surface area (Å²) in [5.74, 6) is 0.408. The molecule has 1 aliphatic rings. The number of anilines is 1. The van der Waals surface area contributed by atoms with Crippen molar-refractivity contribution in [1.29, 1.82) is 0 Å². The molecule has 0 aliphatic carbocycles. The van der Waals surface area contributed by atoms with Gasteiger partial charge in [0.05, 0.1) is 12.3 Å². The number of aliphatic hydroxyl groups is 1. The summed E-state index contributed by atoms with van der Waals surface area (Å²) in [6, 6.07) is 13.2. The summed E-state index contributed by atoms with van der Waals surface area (Å²) >= 11 is 0. The van der Waals surface area contributed by atoms with Gasteiger partial charge in [0.25, 0.3) is 5.91 Å². The average Bonchev–Trinajstić information content (AvgIpc) is 2.71. The number of nitrogens with one attached hydrogen (secondary N) is 1. The Hall–Kier alpha value is -2.44. The second kappa shape index (κ2) is 9.48. The van der Waals surface area contributed by atoms with Crippen LogP contribution in [-0.2, 0) is 0 Å². The number of likely N-dealkylation sites (tertiary alicyclic amines) is 1. The predicted octanol–water partition coefficient (Wildman–Crippen LogP) is 2.30. The average molecular weight is 368 g/mol. The molecule has 0 bridgehead atoms. The van der Waals surface area contributed by atoms with Gasteiger partial charge in [-0.2, -0.15) is 0 Å². The molecule has 1 atom stereocenters. The molecular weight excluding hydrogens is 340 g/mol. The van der Waals surface area contributed by atoms with E-state index in [0.717, 1.165) is 37.2 Å². The number of hydrogen-bond acceptors (Lipinski definition) is 5.